The fraction of sp³-hybridized carbons (Fsp3) is 0. The van der Waals surface area contributed by atoms with Crippen molar-refractivity contribution in [2.45, 2.75) is 0 Å². The maximum absolute atomic E-state index is 9.48. The molecule has 0 fully saturated rings. The Kier molecular flexibility index (Phi) is 3.08. The van der Waals surface area contributed by atoms with Crippen molar-refractivity contribution in [3.63, 3.8) is 0 Å². The summed E-state index contributed by atoms with van der Waals surface area (Å²) in [5.41, 5.74) is 1.42. The molecule has 4 heteroatoms. The van der Waals surface area contributed by atoms with Gasteiger partial charge in [-0.1, -0.05) is 27.5 Å². The Balaban J connectivity index is 2.62. The summed E-state index contributed by atoms with van der Waals surface area (Å²) in [7, 11) is 0. The van der Waals surface area contributed by atoms with Crippen molar-refractivity contribution in [1.29, 1.82) is 0 Å². The zero-order valence-electron chi connectivity index (χ0n) is 8.11. The standard InChI is InChI=1S/C12H8BrClO2/c13-8-3-7(4-10(16)5-8)11-6-9(15)1-2-12(11)14/h1-6,15-16H. The number of hydrogen-bond acceptors (Lipinski definition) is 2. The topological polar surface area (TPSA) is 40.5 Å². The second-order valence-corrected chi connectivity index (χ2v) is 4.69. The van der Waals surface area contributed by atoms with Gasteiger partial charge in [0.05, 0.1) is 0 Å². The van der Waals surface area contributed by atoms with E-state index in [4.69, 9.17) is 11.6 Å². The van der Waals surface area contributed by atoms with Gasteiger partial charge in [-0.25, -0.2) is 0 Å². The van der Waals surface area contributed by atoms with Crippen LogP contribution in [0.2, 0.25) is 5.02 Å². The predicted octanol–water partition coefficient (Wildman–Crippen LogP) is 4.18. The first-order valence-electron chi connectivity index (χ1n) is 4.55. The van der Waals surface area contributed by atoms with E-state index in [2.05, 4.69) is 15.9 Å². The van der Waals surface area contributed by atoms with E-state index in [0.717, 1.165) is 10.0 Å². The number of phenols is 2. The van der Waals surface area contributed by atoms with E-state index in [1.54, 1.807) is 24.3 Å². The maximum Gasteiger partial charge on any atom is 0.117 e. The highest BCUT2D eigenvalue weighted by Gasteiger charge is 2.06. The van der Waals surface area contributed by atoms with Crippen LogP contribution < -0.4 is 0 Å². The smallest absolute Gasteiger partial charge is 0.117 e. The number of rotatable bonds is 1. The molecule has 2 aromatic rings. The average Bonchev–Trinajstić information content (AvgIpc) is 2.20. The summed E-state index contributed by atoms with van der Waals surface area (Å²) in [4.78, 5) is 0. The Labute approximate surface area is 106 Å². The third kappa shape index (κ3) is 2.31. The maximum atomic E-state index is 9.48. The van der Waals surface area contributed by atoms with Gasteiger partial charge in [0.2, 0.25) is 0 Å². The average molecular weight is 300 g/mol. The Morgan fingerprint density at radius 3 is 2.38 bits per heavy atom. The van der Waals surface area contributed by atoms with Gasteiger partial charge in [0.15, 0.2) is 0 Å². The third-order valence-electron chi connectivity index (χ3n) is 2.14. The molecular formula is C12H8BrClO2. The summed E-state index contributed by atoms with van der Waals surface area (Å²) in [6.07, 6.45) is 0. The molecule has 2 nitrogen and oxygen atoms in total. The lowest BCUT2D eigenvalue weighted by Crippen LogP contribution is -1.80. The molecule has 0 aliphatic carbocycles. The van der Waals surface area contributed by atoms with Crippen molar-refractivity contribution in [1.82, 2.24) is 0 Å². The molecule has 0 unspecified atom stereocenters. The van der Waals surface area contributed by atoms with Crippen molar-refractivity contribution >= 4 is 27.5 Å². The Hall–Kier alpha value is -1.19. The number of halogens is 2. The minimum Gasteiger partial charge on any atom is -0.508 e. The van der Waals surface area contributed by atoms with Crippen LogP contribution >= 0.6 is 27.5 Å². The van der Waals surface area contributed by atoms with Crippen molar-refractivity contribution < 1.29 is 10.2 Å². The van der Waals surface area contributed by atoms with E-state index in [1.807, 2.05) is 6.07 Å². The van der Waals surface area contributed by atoms with Gasteiger partial charge in [-0.2, -0.15) is 0 Å². The van der Waals surface area contributed by atoms with Gasteiger partial charge >= 0.3 is 0 Å². The number of aromatic hydroxyl groups is 2. The molecule has 0 spiro atoms. The molecule has 82 valence electrons. The SMILES string of the molecule is Oc1cc(Br)cc(-c2cc(O)ccc2Cl)c1. The molecule has 2 aromatic carbocycles. The first-order valence-corrected chi connectivity index (χ1v) is 5.72. The highest BCUT2D eigenvalue weighted by Crippen LogP contribution is 2.34. The Morgan fingerprint density at radius 1 is 0.938 bits per heavy atom. The van der Waals surface area contributed by atoms with E-state index in [1.165, 1.54) is 6.07 Å². The van der Waals surface area contributed by atoms with Gasteiger partial charge in [0.1, 0.15) is 11.5 Å². The zero-order chi connectivity index (χ0) is 11.7. The van der Waals surface area contributed by atoms with Crippen LogP contribution in [0.15, 0.2) is 40.9 Å². The largest absolute Gasteiger partial charge is 0.508 e. The van der Waals surface area contributed by atoms with Crippen LogP contribution in [0, 0.1) is 0 Å². The molecule has 0 radical (unpaired) electrons. The van der Waals surface area contributed by atoms with Crippen molar-refractivity contribution in [2.75, 3.05) is 0 Å². The van der Waals surface area contributed by atoms with E-state index in [-0.39, 0.29) is 11.5 Å². The van der Waals surface area contributed by atoms with E-state index in [9.17, 15) is 10.2 Å². The fourth-order valence-corrected chi connectivity index (χ4v) is 2.17. The minimum absolute atomic E-state index is 0.138. The first kappa shape index (κ1) is 11.3. The highest BCUT2D eigenvalue weighted by atomic mass is 79.9. The normalized spacial score (nSPS) is 10.4. The lowest BCUT2D eigenvalue weighted by Gasteiger charge is -2.06. The summed E-state index contributed by atoms with van der Waals surface area (Å²) >= 11 is 9.32. The van der Waals surface area contributed by atoms with Crippen LogP contribution in [-0.2, 0) is 0 Å². The van der Waals surface area contributed by atoms with Gasteiger partial charge in [0, 0.05) is 15.1 Å². The first-order chi connectivity index (χ1) is 7.56. The predicted molar refractivity (Wildman–Crippen MR) is 67.9 cm³/mol. The van der Waals surface area contributed by atoms with Crippen LogP contribution in [0.25, 0.3) is 11.1 Å². The molecule has 0 aliphatic rings. The van der Waals surface area contributed by atoms with E-state index in [0.29, 0.717) is 10.6 Å². The van der Waals surface area contributed by atoms with Gasteiger partial charge in [-0.3, -0.25) is 0 Å². The number of hydrogen-bond donors (Lipinski definition) is 2. The molecule has 2 rings (SSSR count). The monoisotopic (exact) mass is 298 g/mol. The van der Waals surface area contributed by atoms with Crippen LogP contribution in [0.4, 0.5) is 0 Å². The molecule has 0 atom stereocenters. The molecule has 0 saturated carbocycles. The highest BCUT2D eigenvalue weighted by molar-refractivity contribution is 9.10. The third-order valence-corrected chi connectivity index (χ3v) is 2.93. The van der Waals surface area contributed by atoms with Crippen molar-refractivity contribution in [2.24, 2.45) is 0 Å². The number of phenolic OH excluding ortho intramolecular Hbond substituents is 2. The van der Waals surface area contributed by atoms with Gasteiger partial charge < -0.3 is 10.2 Å². The van der Waals surface area contributed by atoms with Crippen molar-refractivity contribution in [3.8, 4) is 22.6 Å². The Morgan fingerprint density at radius 2 is 1.69 bits per heavy atom. The zero-order valence-corrected chi connectivity index (χ0v) is 10.5. The minimum atomic E-state index is 0.138. The molecule has 0 aromatic heterocycles. The fourth-order valence-electron chi connectivity index (χ4n) is 1.46. The molecule has 2 N–H and O–H groups in total. The Bertz CT molecular complexity index is 520. The van der Waals surface area contributed by atoms with Gasteiger partial charge in [0.25, 0.3) is 0 Å². The van der Waals surface area contributed by atoms with E-state index < -0.39 is 0 Å². The molecule has 0 amide bonds. The molecule has 0 saturated heterocycles. The van der Waals surface area contributed by atoms with Crippen molar-refractivity contribution in [3.05, 3.63) is 45.9 Å². The van der Waals surface area contributed by atoms with Crippen LogP contribution in [0.5, 0.6) is 11.5 Å². The summed E-state index contributed by atoms with van der Waals surface area (Å²) in [6.45, 7) is 0. The van der Waals surface area contributed by atoms with Gasteiger partial charge in [-0.05, 0) is 42.0 Å². The summed E-state index contributed by atoms with van der Waals surface area (Å²) in [5.74, 6) is 0.280. The summed E-state index contributed by atoms with van der Waals surface area (Å²) in [5, 5.41) is 19.4. The molecule has 0 heterocycles. The molecular weight excluding hydrogens is 291 g/mol. The lowest BCUT2D eigenvalue weighted by molar-refractivity contribution is 0.474. The van der Waals surface area contributed by atoms with Crippen LogP contribution in [0.3, 0.4) is 0 Å². The second kappa shape index (κ2) is 4.36. The summed E-state index contributed by atoms with van der Waals surface area (Å²) < 4.78 is 0.752. The van der Waals surface area contributed by atoms with Crippen LogP contribution in [-0.4, -0.2) is 10.2 Å². The van der Waals surface area contributed by atoms with E-state index >= 15 is 0 Å². The summed E-state index contributed by atoms with van der Waals surface area (Å²) in [6, 6.07) is 9.68. The van der Waals surface area contributed by atoms with Crippen LogP contribution in [0.1, 0.15) is 0 Å². The van der Waals surface area contributed by atoms with Gasteiger partial charge in [-0.15, -0.1) is 0 Å². The molecule has 16 heavy (non-hydrogen) atoms. The lowest BCUT2D eigenvalue weighted by atomic mass is 10.1. The molecule has 0 aliphatic heterocycles. The number of benzene rings is 2. The molecule has 0 bridgehead atoms. The quantitative estimate of drug-likeness (QED) is 0.829. The second-order valence-electron chi connectivity index (χ2n) is 3.36.